The summed E-state index contributed by atoms with van der Waals surface area (Å²) in [6, 6.07) is 15.0. The summed E-state index contributed by atoms with van der Waals surface area (Å²) < 4.78 is 12.0. The molecule has 5 nitrogen and oxygen atoms in total. The van der Waals surface area contributed by atoms with Gasteiger partial charge in [-0.2, -0.15) is 0 Å². The summed E-state index contributed by atoms with van der Waals surface area (Å²) in [6.45, 7) is 1.33. The molecule has 0 spiro atoms. The molecule has 2 aliphatic rings. The van der Waals surface area contributed by atoms with Crippen LogP contribution in [-0.2, 0) is 15.1 Å². The van der Waals surface area contributed by atoms with Crippen molar-refractivity contribution in [2.45, 2.75) is 37.0 Å². The molecule has 1 N–H and O–H groups in total. The van der Waals surface area contributed by atoms with Crippen LogP contribution >= 0.6 is 34.3 Å². The number of halogens is 1. The molecule has 2 fully saturated rings. The highest BCUT2D eigenvalue weighted by Crippen LogP contribution is 2.49. The average molecular weight is 518 g/mol. The van der Waals surface area contributed by atoms with Crippen molar-refractivity contribution < 1.29 is 19.4 Å². The van der Waals surface area contributed by atoms with E-state index in [0.717, 1.165) is 31.6 Å². The van der Waals surface area contributed by atoms with Gasteiger partial charge in [0.25, 0.3) is 0 Å². The molecule has 2 bridgehead atoms. The van der Waals surface area contributed by atoms with E-state index < -0.39 is 11.6 Å². The fraction of sp³-hybridized carbons (Fsp3) is 0.423. The number of likely N-dealkylation sites (N-methyl/N-ethyl adjacent to an activating group) is 1. The minimum atomic E-state index is -1.75. The zero-order valence-corrected chi connectivity index (χ0v) is 21.3. The summed E-state index contributed by atoms with van der Waals surface area (Å²) in [6.07, 6.45) is 2.92. The van der Waals surface area contributed by atoms with E-state index in [1.165, 1.54) is 22.7 Å². The first-order valence-corrected chi connectivity index (χ1v) is 13.7. The van der Waals surface area contributed by atoms with Crippen LogP contribution in [0, 0.1) is 11.8 Å². The van der Waals surface area contributed by atoms with E-state index in [2.05, 4.69) is 11.9 Å². The van der Waals surface area contributed by atoms with E-state index in [1.807, 2.05) is 47.2 Å². The number of esters is 1. The highest BCUT2D eigenvalue weighted by molar-refractivity contribution is 7.12. The second-order valence-electron chi connectivity index (χ2n) is 9.13. The predicted octanol–water partition coefficient (Wildman–Crippen LogP) is 5.42. The SMILES string of the molecule is CN(CCOc1cccc(Cl)c1)[C@@H]1CC2CCC1C2OC(=O)C(O)(c1cccs1)c1cccs1. The van der Waals surface area contributed by atoms with E-state index in [4.69, 9.17) is 21.1 Å². The van der Waals surface area contributed by atoms with Crippen molar-refractivity contribution in [1.82, 2.24) is 4.90 Å². The molecule has 3 aromatic rings. The van der Waals surface area contributed by atoms with Gasteiger partial charge in [0.15, 0.2) is 0 Å². The largest absolute Gasteiger partial charge is 0.492 e. The lowest BCUT2D eigenvalue weighted by atomic mass is 9.94. The van der Waals surface area contributed by atoms with Gasteiger partial charge in [-0.25, -0.2) is 4.79 Å². The molecule has 2 saturated carbocycles. The molecular formula is C26H28ClNO4S2. The van der Waals surface area contributed by atoms with Gasteiger partial charge in [-0.15, -0.1) is 22.7 Å². The highest BCUT2D eigenvalue weighted by Gasteiger charge is 2.54. The van der Waals surface area contributed by atoms with Crippen LogP contribution in [0.25, 0.3) is 0 Å². The van der Waals surface area contributed by atoms with Gasteiger partial charge in [-0.1, -0.05) is 29.8 Å². The number of ether oxygens (including phenoxy) is 2. The van der Waals surface area contributed by atoms with Crippen LogP contribution in [-0.4, -0.2) is 48.3 Å². The number of hydrogen-bond donors (Lipinski definition) is 1. The van der Waals surface area contributed by atoms with Crippen molar-refractivity contribution in [2.75, 3.05) is 20.2 Å². The number of rotatable bonds is 9. The van der Waals surface area contributed by atoms with E-state index in [-0.39, 0.29) is 12.0 Å². The highest BCUT2D eigenvalue weighted by atomic mass is 35.5. The fourth-order valence-corrected chi connectivity index (χ4v) is 7.35. The van der Waals surface area contributed by atoms with Gasteiger partial charge >= 0.3 is 5.97 Å². The molecule has 5 rings (SSSR count). The maximum Gasteiger partial charge on any atom is 0.349 e. The Morgan fingerprint density at radius 3 is 2.53 bits per heavy atom. The summed E-state index contributed by atoms with van der Waals surface area (Å²) in [7, 11) is 2.11. The number of thiophene rings is 2. The molecule has 0 aliphatic heterocycles. The monoisotopic (exact) mass is 517 g/mol. The van der Waals surface area contributed by atoms with Crippen molar-refractivity contribution in [1.29, 1.82) is 0 Å². The van der Waals surface area contributed by atoms with Crippen molar-refractivity contribution in [3.8, 4) is 5.75 Å². The van der Waals surface area contributed by atoms with Gasteiger partial charge in [0, 0.05) is 23.5 Å². The van der Waals surface area contributed by atoms with Gasteiger partial charge in [0.1, 0.15) is 18.5 Å². The average Bonchev–Trinajstić information content (AvgIpc) is 3.64. The van der Waals surface area contributed by atoms with Crippen molar-refractivity contribution >= 4 is 40.2 Å². The Morgan fingerprint density at radius 2 is 1.88 bits per heavy atom. The Labute approximate surface area is 212 Å². The lowest BCUT2D eigenvalue weighted by Crippen LogP contribution is -2.42. The predicted molar refractivity (Wildman–Crippen MR) is 136 cm³/mol. The van der Waals surface area contributed by atoms with Crippen LogP contribution < -0.4 is 4.74 Å². The van der Waals surface area contributed by atoms with E-state index in [0.29, 0.717) is 33.3 Å². The summed E-state index contributed by atoms with van der Waals surface area (Å²) in [4.78, 5) is 17.0. The van der Waals surface area contributed by atoms with E-state index >= 15 is 0 Å². The number of nitrogens with zero attached hydrogens (tertiary/aromatic N) is 1. The molecule has 0 radical (unpaired) electrons. The standard InChI is InChI=1S/C26H28ClNO4S2/c1-28(11-12-31-19-6-2-5-18(27)16-19)21-15-17-9-10-20(21)24(17)32-25(29)26(30,22-7-3-13-33-22)23-8-4-14-34-23/h2-8,13-14,16-17,20-21,24,30H,9-12,15H2,1H3/t17?,20?,21-,24?/m1/s1. The minimum absolute atomic E-state index is 0.166. The van der Waals surface area contributed by atoms with Crippen molar-refractivity contribution in [3.05, 3.63) is 74.1 Å². The maximum absolute atomic E-state index is 13.5. The Balaban J connectivity index is 1.23. The molecular weight excluding hydrogens is 490 g/mol. The van der Waals surface area contributed by atoms with Gasteiger partial charge < -0.3 is 14.6 Å². The third-order valence-electron chi connectivity index (χ3n) is 7.16. The van der Waals surface area contributed by atoms with E-state index in [1.54, 1.807) is 12.1 Å². The molecule has 3 unspecified atom stereocenters. The quantitative estimate of drug-likeness (QED) is 0.384. The number of fused-ring (bicyclic) bond motifs is 2. The summed E-state index contributed by atoms with van der Waals surface area (Å²) >= 11 is 8.78. The van der Waals surface area contributed by atoms with Gasteiger partial charge in [0.2, 0.25) is 5.60 Å². The lowest BCUT2D eigenvalue weighted by Gasteiger charge is -2.32. The first-order chi connectivity index (χ1) is 16.5. The second-order valence-corrected chi connectivity index (χ2v) is 11.5. The maximum atomic E-state index is 13.5. The topological polar surface area (TPSA) is 59.0 Å². The number of carbonyl (C=O) groups is 1. The molecule has 2 aromatic heterocycles. The Kier molecular flexibility index (Phi) is 7.00. The van der Waals surface area contributed by atoms with Crippen LogP contribution in [0.1, 0.15) is 29.0 Å². The third-order valence-corrected chi connectivity index (χ3v) is 9.36. The Morgan fingerprint density at radius 1 is 1.15 bits per heavy atom. The summed E-state index contributed by atoms with van der Waals surface area (Å²) in [5.74, 6) is 0.793. The number of benzene rings is 1. The van der Waals surface area contributed by atoms with Crippen LogP contribution in [0.3, 0.4) is 0 Å². The Bertz CT molecular complexity index is 1070. The van der Waals surface area contributed by atoms with Gasteiger partial charge in [-0.3, -0.25) is 4.90 Å². The minimum Gasteiger partial charge on any atom is -0.492 e. The van der Waals surface area contributed by atoms with Crippen LogP contribution in [0.5, 0.6) is 5.75 Å². The Hall–Kier alpha value is -1.90. The molecule has 4 atom stereocenters. The van der Waals surface area contributed by atoms with Gasteiger partial charge in [-0.05, 0) is 73.3 Å². The van der Waals surface area contributed by atoms with Crippen LogP contribution in [0.15, 0.2) is 59.3 Å². The van der Waals surface area contributed by atoms with E-state index in [9.17, 15) is 9.90 Å². The molecule has 0 amide bonds. The zero-order valence-electron chi connectivity index (χ0n) is 18.9. The third kappa shape index (κ3) is 4.52. The first kappa shape index (κ1) is 23.8. The lowest BCUT2D eigenvalue weighted by molar-refractivity contribution is -0.170. The number of hydrogen-bond acceptors (Lipinski definition) is 7. The molecule has 2 heterocycles. The molecule has 180 valence electrons. The molecule has 1 aromatic carbocycles. The molecule has 8 heteroatoms. The fourth-order valence-electron chi connectivity index (χ4n) is 5.45. The van der Waals surface area contributed by atoms with Crippen LogP contribution in [0.2, 0.25) is 5.02 Å². The number of aliphatic hydroxyl groups is 1. The van der Waals surface area contributed by atoms with Crippen molar-refractivity contribution in [3.63, 3.8) is 0 Å². The van der Waals surface area contributed by atoms with Crippen LogP contribution in [0.4, 0.5) is 0 Å². The number of carbonyl (C=O) groups excluding carboxylic acids is 1. The smallest absolute Gasteiger partial charge is 0.349 e. The zero-order chi connectivity index (χ0) is 23.7. The summed E-state index contributed by atoms with van der Waals surface area (Å²) in [5.41, 5.74) is -1.75. The van der Waals surface area contributed by atoms with Gasteiger partial charge in [0.05, 0.1) is 9.75 Å². The molecule has 2 aliphatic carbocycles. The van der Waals surface area contributed by atoms with Crippen molar-refractivity contribution in [2.24, 2.45) is 11.8 Å². The first-order valence-electron chi connectivity index (χ1n) is 11.6. The summed E-state index contributed by atoms with van der Waals surface area (Å²) in [5, 5.41) is 16.0. The molecule has 0 saturated heterocycles. The second kappa shape index (κ2) is 9.99. The normalized spacial score (nSPS) is 24.0. The molecule has 34 heavy (non-hydrogen) atoms.